The first kappa shape index (κ1) is 7.68. The fraction of sp³-hybridized carbons (Fsp3) is 0.556. The molecule has 1 saturated heterocycles. The van der Waals surface area contributed by atoms with E-state index in [1.54, 1.807) is 0 Å². The minimum atomic E-state index is 0.667. The Balaban J connectivity index is 2.04. The van der Waals surface area contributed by atoms with Gasteiger partial charge in [-0.3, -0.25) is 0 Å². The van der Waals surface area contributed by atoms with E-state index in [2.05, 4.69) is 28.3 Å². The highest BCUT2D eigenvalue weighted by Crippen LogP contribution is 2.16. The molecule has 0 bridgehead atoms. The van der Waals surface area contributed by atoms with Gasteiger partial charge >= 0.3 is 0 Å². The van der Waals surface area contributed by atoms with Crippen molar-refractivity contribution in [3.05, 3.63) is 18.5 Å². The lowest BCUT2D eigenvalue weighted by atomic mass is 10.2. The summed E-state index contributed by atoms with van der Waals surface area (Å²) in [5.41, 5.74) is 1.28. The largest absolute Gasteiger partial charge is 0.369 e. The van der Waals surface area contributed by atoms with Crippen LogP contribution in [0.2, 0.25) is 0 Å². The maximum absolute atomic E-state index is 3.36. The molecule has 1 unspecified atom stereocenters. The van der Waals surface area contributed by atoms with Crippen LogP contribution < -0.4 is 10.2 Å². The van der Waals surface area contributed by atoms with E-state index in [0.717, 1.165) is 13.1 Å². The van der Waals surface area contributed by atoms with Crippen molar-refractivity contribution in [3.63, 3.8) is 0 Å². The third kappa shape index (κ3) is 1.32. The average Bonchev–Trinajstić information content (AvgIpc) is 2.77. The smallest absolute Gasteiger partial charge is 0.0544 e. The number of likely N-dealkylation sites (N-methyl/N-ethyl adjacent to an activating group) is 1. The standard InChI is InChI=1S/C9H15N3/c1-12(8-2-4-10-6-8)9-3-5-11-7-9/h2,4,6,9-11H,3,5,7H2,1H3. The van der Waals surface area contributed by atoms with E-state index in [9.17, 15) is 0 Å². The first-order valence-electron chi connectivity index (χ1n) is 4.44. The van der Waals surface area contributed by atoms with E-state index in [1.807, 2.05) is 12.4 Å². The van der Waals surface area contributed by atoms with Crippen LogP contribution in [0.1, 0.15) is 6.42 Å². The molecule has 2 N–H and O–H groups in total. The quantitative estimate of drug-likeness (QED) is 0.679. The molecule has 2 rings (SSSR count). The Morgan fingerprint density at radius 1 is 1.58 bits per heavy atom. The van der Waals surface area contributed by atoms with Crippen LogP contribution in [-0.4, -0.2) is 31.2 Å². The Labute approximate surface area is 72.8 Å². The van der Waals surface area contributed by atoms with Crippen molar-refractivity contribution in [3.8, 4) is 0 Å². The highest BCUT2D eigenvalue weighted by atomic mass is 15.2. The number of anilines is 1. The van der Waals surface area contributed by atoms with Gasteiger partial charge in [0.15, 0.2) is 0 Å². The highest BCUT2D eigenvalue weighted by Gasteiger charge is 2.19. The van der Waals surface area contributed by atoms with Crippen molar-refractivity contribution in [2.45, 2.75) is 12.5 Å². The number of rotatable bonds is 2. The van der Waals surface area contributed by atoms with Gasteiger partial charge in [-0.05, 0) is 19.0 Å². The van der Waals surface area contributed by atoms with Gasteiger partial charge in [-0.1, -0.05) is 0 Å². The Morgan fingerprint density at radius 2 is 2.50 bits per heavy atom. The Kier molecular flexibility index (Phi) is 2.04. The molecule has 1 atom stereocenters. The number of nitrogens with one attached hydrogen (secondary N) is 2. The van der Waals surface area contributed by atoms with Crippen LogP contribution in [0.4, 0.5) is 5.69 Å². The normalized spacial score (nSPS) is 22.9. The summed E-state index contributed by atoms with van der Waals surface area (Å²) in [5, 5.41) is 3.36. The minimum absolute atomic E-state index is 0.667. The summed E-state index contributed by atoms with van der Waals surface area (Å²) in [4.78, 5) is 5.40. The third-order valence-electron chi connectivity index (χ3n) is 2.57. The van der Waals surface area contributed by atoms with E-state index in [4.69, 9.17) is 0 Å². The van der Waals surface area contributed by atoms with E-state index >= 15 is 0 Å². The summed E-state index contributed by atoms with van der Waals surface area (Å²) in [7, 11) is 2.15. The number of nitrogens with zero attached hydrogens (tertiary/aromatic N) is 1. The Bertz CT molecular complexity index is 224. The average molecular weight is 165 g/mol. The zero-order chi connectivity index (χ0) is 8.39. The molecule has 2 heterocycles. The number of aromatic nitrogens is 1. The van der Waals surface area contributed by atoms with Crippen LogP contribution >= 0.6 is 0 Å². The van der Waals surface area contributed by atoms with Crippen LogP contribution in [0.15, 0.2) is 18.5 Å². The van der Waals surface area contributed by atoms with Gasteiger partial charge in [0.1, 0.15) is 0 Å². The monoisotopic (exact) mass is 165 g/mol. The minimum Gasteiger partial charge on any atom is -0.369 e. The molecule has 1 fully saturated rings. The molecule has 0 saturated carbocycles. The Hall–Kier alpha value is -0.960. The fourth-order valence-electron chi connectivity index (χ4n) is 1.72. The molecular formula is C9H15N3. The molecule has 12 heavy (non-hydrogen) atoms. The SMILES string of the molecule is CN(c1cc[nH]c1)C1CCNC1. The molecule has 1 aliphatic rings. The predicted octanol–water partition coefficient (Wildman–Crippen LogP) is 0.813. The molecule has 0 radical (unpaired) electrons. The van der Waals surface area contributed by atoms with Gasteiger partial charge in [-0.2, -0.15) is 0 Å². The van der Waals surface area contributed by atoms with Gasteiger partial charge < -0.3 is 15.2 Å². The van der Waals surface area contributed by atoms with Crippen LogP contribution in [0, 0.1) is 0 Å². The first-order valence-corrected chi connectivity index (χ1v) is 4.44. The maximum Gasteiger partial charge on any atom is 0.0544 e. The molecule has 1 aromatic heterocycles. The molecule has 3 heteroatoms. The summed E-state index contributed by atoms with van der Waals surface area (Å²) in [6, 6.07) is 2.78. The number of hydrogen-bond donors (Lipinski definition) is 2. The summed E-state index contributed by atoms with van der Waals surface area (Å²) in [5.74, 6) is 0. The molecule has 1 aromatic rings. The van der Waals surface area contributed by atoms with Crippen molar-refractivity contribution in [1.29, 1.82) is 0 Å². The molecule has 0 aromatic carbocycles. The lowest BCUT2D eigenvalue weighted by Crippen LogP contribution is -2.32. The summed E-state index contributed by atoms with van der Waals surface area (Å²) in [6.07, 6.45) is 5.26. The lowest BCUT2D eigenvalue weighted by Gasteiger charge is -2.24. The number of aromatic amines is 1. The Morgan fingerprint density at radius 3 is 3.08 bits per heavy atom. The van der Waals surface area contributed by atoms with Crippen LogP contribution in [-0.2, 0) is 0 Å². The van der Waals surface area contributed by atoms with Gasteiger partial charge in [0.2, 0.25) is 0 Å². The number of H-pyrrole nitrogens is 1. The summed E-state index contributed by atoms with van der Waals surface area (Å²) < 4.78 is 0. The number of hydrogen-bond acceptors (Lipinski definition) is 2. The molecule has 3 nitrogen and oxygen atoms in total. The van der Waals surface area contributed by atoms with E-state index in [0.29, 0.717) is 6.04 Å². The molecule has 66 valence electrons. The van der Waals surface area contributed by atoms with Crippen molar-refractivity contribution in [2.24, 2.45) is 0 Å². The highest BCUT2D eigenvalue weighted by molar-refractivity contribution is 5.44. The van der Waals surface area contributed by atoms with Crippen molar-refractivity contribution in [1.82, 2.24) is 10.3 Å². The lowest BCUT2D eigenvalue weighted by molar-refractivity contribution is 0.686. The zero-order valence-electron chi connectivity index (χ0n) is 7.38. The first-order chi connectivity index (χ1) is 5.88. The fourth-order valence-corrected chi connectivity index (χ4v) is 1.72. The predicted molar refractivity (Wildman–Crippen MR) is 50.5 cm³/mol. The van der Waals surface area contributed by atoms with Crippen LogP contribution in [0.25, 0.3) is 0 Å². The third-order valence-corrected chi connectivity index (χ3v) is 2.57. The van der Waals surface area contributed by atoms with Crippen LogP contribution in [0.5, 0.6) is 0 Å². The van der Waals surface area contributed by atoms with Gasteiger partial charge in [-0.15, -0.1) is 0 Å². The molecular weight excluding hydrogens is 150 g/mol. The van der Waals surface area contributed by atoms with E-state index < -0.39 is 0 Å². The zero-order valence-corrected chi connectivity index (χ0v) is 7.38. The van der Waals surface area contributed by atoms with Gasteiger partial charge in [0, 0.05) is 32.0 Å². The van der Waals surface area contributed by atoms with Gasteiger partial charge in [0.25, 0.3) is 0 Å². The van der Waals surface area contributed by atoms with Gasteiger partial charge in [0.05, 0.1) is 5.69 Å². The molecule has 0 spiro atoms. The summed E-state index contributed by atoms with van der Waals surface area (Å²) >= 11 is 0. The van der Waals surface area contributed by atoms with Crippen LogP contribution in [0.3, 0.4) is 0 Å². The second-order valence-electron chi connectivity index (χ2n) is 3.33. The summed E-state index contributed by atoms with van der Waals surface area (Å²) in [6.45, 7) is 2.26. The second-order valence-corrected chi connectivity index (χ2v) is 3.33. The van der Waals surface area contributed by atoms with Crippen molar-refractivity contribution < 1.29 is 0 Å². The molecule has 1 aliphatic heterocycles. The van der Waals surface area contributed by atoms with Crippen molar-refractivity contribution >= 4 is 5.69 Å². The topological polar surface area (TPSA) is 31.1 Å². The van der Waals surface area contributed by atoms with Gasteiger partial charge in [-0.25, -0.2) is 0 Å². The van der Waals surface area contributed by atoms with E-state index in [-0.39, 0.29) is 0 Å². The molecule has 0 amide bonds. The van der Waals surface area contributed by atoms with E-state index in [1.165, 1.54) is 12.1 Å². The van der Waals surface area contributed by atoms with Crippen molar-refractivity contribution in [2.75, 3.05) is 25.0 Å². The maximum atomic E-state index is 3.36. The molecule has 0 aliphatic carbocycles. The second kappa shape index (κ2) is 3.19.